The summed E-state index contributed by atoms with van der Waals surface area (Å²) in [6, 6.07) is 0. The average Bonchev–Trinajstić information content (AvgIpc) is 2.94. The number of aliphatic hydroxyl groups excluding tert-OH is 2. The van der Waals surface area contributed by atoms with Gasteiger partial charge in [0, 0.05) is 17.8 Å². The van der Waals surface area contributed by atoms with E-state index >= 15 is 0 Å². The molecule has 0 saturated carbocycles. The number of ether oxygens (including phenoxy) is 1. The Morgan fingerprint density at radius 2 is 2.20 bits per heavy atom. The smallest absolute Gasteiger partial charge is 0.312 e. The summed E-state index contributed by atoms with van der Waals surface area (Å²) in [6.45, 7) is 0.857. The molecule has 1 fully saturated rings. The summed E-state index contributed by atoms with van der Waals surface area (Å²) in [5.74, 6) is -0.454. The second-order valence-corrected chi connectivity index (χ2v) is 6.23. The van der Waals surface area contributed by atoms with Crippen LogP contribution < -0.4 is 5.32 Å². The molecule has 0 aliphatic carbocycles. The number of amides is 1. The molecule has 1 saturated heterocycles. The predicted octanol–water partition coefficient (Wildman–Crippen LogP) is -0.463. The van der Waals surface area contributed by atoms with Crippen molar-refractivity contribution in [2.24, 2.45) is 0 Å². The number of aromatic nitrogens is 3. The fraction of sp³-hybridized carbons (Fsp3) is 0.400. The van der Waals surface area contributed by atoms with Crippen LogP contribution in [-0.4, -0.2) is 60.2 Å². The fourth-order valence-electron chi connectivity index (χ4n) is 3.26. The summed E-state index contributed by atoms with van der Waals surface area (Å²) < 4.78 is 20.8. The van der Waals surface area contributed by atoms with Crippen molar-refractivity contribution in [1.82, 2.24) is 14.5 Å². The van der Waals surface area contributed by atoms with Gasteiger partial charge in [-0.05, 0) is 13.0 Å². The summed E-state index contributed by atoms with van der Waals surface area (Å²) in [5, 5.41) is 32.9. The van der Waals surface area contributed by atoms with Crippen LogP contribution in [0, 0.1) is 6.08 Å². The van der Waals surface area contributed by atoms with E-state index in [4.69, 9.17) is 4.74 Å². The van der Waals surface area contributed by atoms with Crippen LogP contribution in [-0.2, 0) is 9.53 Å². The first-order valence-electron chi connectivity index (χ1n) is 7.57. The molecule has 10 heteroatoms. The SMILES string of the molecule is C[C@]1(O)C(n2cc3c4c(nc(F)nc42)NC(=O)C=C3)O[C@H](CO)[C@H]1O. The van der Waals surface area contributed by atoms with Crippen LogP contribution in [0.1, 0.15) is 18.7 Å². The maximum atomic E-state index is 13.9. The molecule has 4 heterocycles. The number of anilines is 1. The third-order valence-corrected chi connectivity index (χ3v) is 4.52. The number of hydrogen-bond acceptors (Lipinski definition) is 7. The van der Waals surface area contributed by atoms with E-state index in [0.717, 1.165) is 0 Å². The first-order chi connectivity index (χ1) is 11.8. The maximum absolute atomic E-state index is 13.9. The molecule has 4 atom stereocenters. The summed E-state index contributed by atoms with van der Waals surface area (Å²) in [4.78, 5) is 19.0. The lowest BCUT2D eigenvalue weighted by molar-refractivity contribution is -0.111. The monoisotopic (exact) mass is 350 g/mol. The van der Waals surface area contributed by atoms with Gasteiger partial charge in [-0.3, -0.25) is 4.79 Å². The Bertz CT molecular complexity index is 909. The van der Waals surface area contributed by atoms with Gasteiger partial charge in [0.05, 0.1) is 12.0 Å². The number of carbonyl (C=O) groups excluding carboxylic acids is 1. The van der Waals surface area contributed by atoms with Gasteiger partial charge < -0.3 is 29.9 Å². The number of rotatable bonds is 2. The molecule has 9 nitrogen and oxygen atoms in total. The van der Waals surface area contributed by atoms with Crippen molar-refractivity contribution in [3.8, 4) is 0 Å². The molecule has 0 radical (unpaired) electrons. The molecule has 0 spiro atoms. The van der Waals surface area contributed by atoms with Gasteiger partial charge in [0.25, 0.3) is 0 Å². The second-order valence-electron chi connectivity index (χ2n) is 6.23. The number of halogens is 1. The van der Waals surface area contributed by atoms with Crippen LogP contribution >= 0.6 is 0 Å². The van der Waals surface area contributed by atoms with E-state index in [0.29, 0.717) is 10.9 Å². The predicted molar refractivity (Wildman–Crippen MR) is 82.8 cm³/mol. The molecular weight excluding hydrogens is 335 g/mol. The standard InChI is InChI=1S/C15H15FN4O5/c1-15(24)10(23)7(5-21)25-13(15)20-4-6-2-3-8(22)17-11-9(6)12(20)19-14(16)18-11/h2-4,7,10,13,21,23-24H,5H2,1H3,(H,17,18,19,22)/t7-,10-,13?,15-/m1/s1. The van der Waals surface area contributed by atoms with Crippen molar-refractivity contribution >= 4 is 28.8 Å². The molecule has 1 unspecified atom stereocenters. The number of aliphatic hydroxyl groups is 3. The van der Waals surface area contributed by atoms with Gasteiger partial charge in [0.15, 0.2) is 11.9 Å². The Morgan fingerprint density at radius 3 is 2.88 bits per heavy atom. The van der Waals surface area contributed by atoms with Crippen LogP contribution in [0.5, 0.6) is 0 Å². The van der Waals surface area contributed by atoms with Crippen LogP contribution in [0.25, 0.3) is 17.1 Å². The zero-order valence-electron chi connectivity index (χ0n) is 13.0. The van der Waals surface area contributed by atoms with Gasteiger partial charge in [-0.15, -0.1) is 0 Å². The van der Waals surface area contributed by atoms with E-state index in [2.05, 4.69) is 15.3 Å². The highest BCUT2D eigenvalue weighted by Gasteiger charge is 2.53. The van der Waals surface area contributed by atoms with E-state index in [9.17, 15) is 24.5 Å². The topological polar surface area (TPSA) is 130 Å². The lowest BCUT2D eigenvalue weighted by atomic mass is 9.96. The van der Waals surface area contributed by atoms with Crippen molar-refractivity contribution in [2.75, 3.05) is 11.9 Å². The summed E-state index contributed by atoms with van der Waals surface area (Å²) >= 11 is 0. The molecule has 132 valence electrons. The third kappa shape index (κ3) is 2.26. The Hall–Kier alpha value is -2.40. The minimum absolute atomic E-state index is 0.00291. The third-order valence-electron chi connectivity index (χ3n) is 4.52. The van der Waals surface area contributed by atoms with Gasteiger partial charge in [-0.2, -0.15) is 14.4 Å². The van der Waals surface area contributed by atoms with Crippen molar-refractivity contribution in [3.63, 3.8) is 0 Å². The highest BCUT2D eigenvalue weighted by molar-refractivity contribution is 6.11. The molecular formula is C15H15FN4O5. The molecule has 1 amide bonds. The minimum atomic E-state index is -1.75. The molecule has 4 N–H and O–H groups in total. The second kappa shape index (κ2) is 5.30. The van der Waals surface area contributed by atoms with E-state index in [1.807, 2.05) is 0 Å². The molecule has 0 aromatic carbocycles. The van der Waals surface area contributed by atoms with E-state index in [1.54, 1.807) is 0 Å². The van der Waals surface area contributed by atoms with Crippen molar-refractivity contribution in [1.29, 1.82) is 0 Å². The normalized spacial score (nSPS) is 31.4. The van der Waals surface area contributed by atoms with Crippen molar-refractivity contribution in [3.05, 3.63) is 23.9 Å². The van der Waals surface area contributed by atoms with Gasteiger partial charge in [-0.25, -0.2) is 0 Å². The van der Waals surface area contributed by atoms with Crippen molar-refractivity contribution < 1.29 is 29.2 Å². The molecule has 0 bridgehead atoms. The van der Waals surface area contributed by atoms with E-state index in [1.165, 1.54) is 29.8 Å². The highest BCUT2D eigenvalue weighted by atomic mass is 19.1. The van der Waals surface area contributed by atoms with Crippen LogP contribution in [0.15, 0.2) is 12.3 Å². The molecule has 2 aliphatic rings. The number of hydrogen-bond donors (Lipinski definition) is 4. The summed E-state index contributed by atoms with van der Waals surface area (Å²) in [7, 11) is 0. The molecule has 2 aromatic rings. The zero-order chi connectivity index (χ0) is 17.9. The first-order valence-corrected chi connectivity index (χ1v) is 7.57. The minimum Gasteiger partial charge on any atom is -0.394 e. The van der Waals surface area contributed by atoms with E-state index < -0.39 is 42.6 Å². The Kier molecular flexibility index (Phi) is 3.41. The van der Waals surface area contributed by atoms with Gasteiger partial charge in [-0.1, -0.05) is 0 Å². The fourth-order valence-corrected chi connectivity index (χ4v) is 3.26. The molecule has 2 aromatic heterocycles. The first kappa shape index (κ1) is 16.1. The Balaban J connectivity index is 1.94. The van der Waals surface area contributed by atoms with Gasteiger partial charge in [0.2, 0.25) is 5.91 Å². The van der Waals surface area contributed by atoms with Crippen LogP contribution in [0.4, 0.5) is 10.2 Å². The van der Waals surface area contributed by atoms with Crippen LogP contribution in [0.2, 0.25) is 0 Å². The lowest BCUT2D eigenvalue weighted by Gasteiger charge is -2.27. The summed E-state index contributed by atoms with van der Waals surface area (Å²) in [6.07, 6.45) is -0.250. The van der Waals surface area contributed by atoms with Crippen LogP contribution in [0.3, 0.4) is 0 Å². The quantitative estimate of drug-likeness (QED) is 0.539. The largest absolute Gasteiger partial charge is 0.394 e. The lowest BCUT2D eigenvalue weighted by Crippen LogP contribution is -2.44. The van der Waals surface area contributed by atoms with Gasteiger partial charge >= 0.3 is 6.08 Å². The average molecular weight is 350 g/mol. The Morgan fingerprint density at radius 1 is 1.44 bits per heavy atom. The highest BCUT2D eigenvalue weighted by Crippen LogP contribution is 2.41. The number of carbonyl (C=O) groups is 1. The molecule has 4 rings (SSSR count). The maximum Gasteiger partial charge on any atom is 0.312 e. The van der Waals surface area contributed by atoms with E-state index in [-0.39, 0.29) is 11.5 Å². The number of nitrogens with one attached hydrogen (secondary N) is 1. The molecule has 25 heavy (non-hydrogen) atoms. The summed E-state index contributed by atoms with van der Waals surface area (Å²) in [5.41, 5.74) is -1.15. The van der Waals surface area contributed by atoms with Gasteiger partial charge in [0.1, 0.15) is 23.6 Å². The zero-order valence-corrected chi connectivity index (χ0v) is 13.0. The van der Waals surface area contributed by atoms with Crippen molar-refractivity contribution in [2.45, 2.75) is 31.0 Å². The number of nitrogens with zero attached hydrogens (tertiary/aromatic N) is 3. The molecule has 2 aliphatic heterocycles. The Labute approximate surface area is 140 Å².